The number of nitrogens with zero attached hydrogens (tertiary/aromatic N) is 10. The first kappa shape index (κ1) is 107. The van der Waals surface area contributed by atoms with Crippen molar-refractivity contribution in [3.05, 3.63) is 227 Å². The molecular formula is C103H119F8N19O15. The molecule has 42 heteroatoms. The zero-order chi connectivity index (χ0) is 104. The lowest BCUT2D eigenvalue weighted by atomic mass is 9.97. The van der Waals surface area contributed by atoms with E-state index >= 15 is 8.78 Å². The monoisotopic (exact) mass is 2010 g/mol. The highest BCUT2D eigenvalue weighted by Crippen LogP contribution is 2.42. The van der Waals surface area contributed by atoms with E-state index in [0.717, 1.165) is 97.8 Å². The van der Waals surface area contributed by atoms with Gasteiger partial charge in [0, 0.05) is 216 Å². The molecule has 6 aromatic carbocycles. The van der Waals surface area contributed by atoms with Crippen molar-refractivity contribution >= 4 is 99.4 Å². The number of hydrogen-bond acceptors (Lipinski definition) is 24. The number of amides is 11. The van der Waals surface area contributed by atoms with E-state index in [2.05, 4.69) is 104 Å². The molecule has 8 aliphatic rings. The molecule has 11 amide bonds. The number of rotatable bonds is 31. The quantitative estimate of drug-likeness (QED) is 0.0110. The van der Waals surface area contributed by atoms with Crippen LogP contribution in [-0.4, -0.2) is 287 Å². The lowest BCUT2D eigenvalue weighted by molar-refractivity contribution is -0.138. The SMILES string of the molecule is C[C@@H]1CN(c2ccc(-c3cc(CN4CCN(CCN)CC4)ccc3F)cc2NC(=O)c2c[nH]c(=O)cc2C(F)(F)F)C[C@H](C)N1C.C[C@@H]1CN(c2ccc(-c3cc(CN4CCN(CCNC(=O)CCCCNc5cccc6c5C(=O)N(C5CCC(=O)NC5=O)C6=O)CC4)ccc3F)cc2NC(=O)c2c[nH]c(=O)cc2C(F)(F)F)C[C@H](C)N1C.O=C(O)CCCCCc1cccc2c1C(=O)N(C1CCC(=O)NC1=O)C2=O. The predicted octanol–water partition coefficient (Wildman–Crippen LogP) is 10.2. The van der Waals surface area contributed by atoms with Crippen LogP contribution in [0.3, 0.4) is 0 Å². The molecule has 16 rings (SSSR count). The van der Waals surface area contributed by atoms with Gasteiger partial charge in [0.1, 0.15) is 23.7 Å². The number of aryl methyl sites for hydroxylation is 1. The van der Waals surface area contributed by atoms with Crippen molar-refractivity contribution in [3.8, 4) is 22.3 Å². The minimum Gasteiger partial charge on any atom is -0.481 e. The molecule has 8 aliphatic heterocycles. The first-order valence-electron chi connectivity index (χ1n) is 48.6. The highest BCUT2D eigenvalue weighted by atomic mass is 19.4. The number of piperidine rings is 2. The number of alkyl halides is 6. The number of fused-ring (bicyclic) bond motifs is 2. The zero-order valence-corrected chi connectivity index (χ0v) is 81.3. The summed E-state index contributed by atoms with van der Waals surface area (Å²) in [4.78, 5) is 197. The molecule has 8 aromatic rings. The van der Waals surface area contributed by atoms with Gasteiger partial charge in [-0.2, -0.15) is 26.3 Å². The van der Waals surface area contributed by atoms with Crippen LogP contribution in [0.15, 0.2) is 143 Å². The van der Waals surface area contributed by atoms with Gasteiger partial charge in [-0.3, -0.25) is 117 Å². The van der Waals surface area contributed by atoms with Gasteiger partial charge in [0.05, 0.1) is 67.3 Å². The maximum Gasteiger partial charge on any atom is 0.417 e. The van der Waals surface area contributed by atoms with Gasteiger partial charge in [0.25, 0.3) is 35.4 Å². The van der Waals surface area contributed by atoms with E-state index in [1.165, 1.54) is 18.2 Å². The lowest BCUT2D eigenvalue weighted by Gasteiger charge is -2.44. The van der Waals surface area contributed by atoms with Gasteiger partial charge < -0.3 is 51.9 Å². The van der Waals surface area contributed by atoms with E-state index in [0.29, 0.717) is 162 Å². The Kier molecular flexibility index (Phi) is 34.6. The summed E-state index contributed by atoms with van der Waals surface area (Å²) in [5.41, 5.74) is 6.50. The van der Waals surface area contributed by atoms with Crippen molar-refractivity contribution in [2.24, 2.45) is 5.73 Å². The number of unbranched alkanes of at least 4 members (excludes halogenated alkanes) is 3. The number of carbonyl (C=O) groups excluding carboxylic acids is 11. The number of likely N-dealkylation sites (N-methyl/N-ethyl adjacent to an activating group) is 2. The van der Waals surface area contributed by atoms with Crippen LogP contribution >= 0.6 is 0 Å². The molecule has 34 nitrogen and oxygen atoms in total. The number of aromatic nitrogens is 2. The Bertz CT molecular complexity index is 6340. The molecule has 0 bridgehead atoms. The number of halogens is 8. The molecular weight excluding hydrogens is 1900 g/mol. The fourth-order valence-corrected chi connectivity index (χ4v) is 19.7. The summed E-state index contributed by atoms with van der Waals surface area (Å²) < 4.78 is 114. The van der Waals surface area contributed by atoms with Gasteiger partial charge >= 0.3 is 18.3 Å². The van der Waals surface area contributed by atoms with E-state index in [1.54, 1.807) is 91.0 Å². The Morgan fingerprint density at radius 2 is 0.897 bits per heavy atom. The summed E-state index contributed by atoms with van der Waals surface area (Å²) in [5.74, 6) is -8.36. The standard InChI is InChI=1S/C51H58F4N10O7.C33H41F4N7O2.C19H20N2O6/c1-30-27-64(28-31(2)61(30)3)41-13-11-33(24-40(41)59-47(69)36-26-58-45(68)25-37(36)51(53,54)55)35-23-32(10-12-38(35)52)29-63-21-19-62(20-22-63)18-17-57-43(66)9-4-5-16-56-39-8-6-7-34-46(39)50(72)65(49(34)71)42-14-15-44(67)60-48(42)70;1-21-18-44(19-22(2)41(21)3)30-7-5-24(15-29(30)40-32(46)26-17-39-31(45)16-27(26)33(35,36)37)25-14-23(4-6-28(25)34)20-43-12-10-42(9-8-38)11-13-43;22-14-10-9-13(17(25)20-14)21-18(26)12-7-4-6-11(16(12)19(21)27)5-2-1-3-8-15(23)24/h6-8,10-13,23-26,30-31,42,56H,4-5,9,14-22,27-29H2,1-3H3,(H,57,66)(H,58,68)(H,59,69)(H,60,67,70);4-7,14-17,21-22H,8-13,18-20,38H2,1-3H3,(H,39,45)(H,40,46);4,6-7,13H,1-3,5,8-10H2,(H,23,24)(H,20,22,25)/t30-,31+,42?;21-,22+;. The summed E-state index contributed by atoms with van der Waals surface area (Å²) in [7, 11) is 4.04. The molecule has 772 valence electrons. The zero-order valence-electron chi connectivity index (χ0n) is 81.3. The second-order valence-electron chi connectivity index (χ2n) is 38.0. The third-order valence-electron chi connectivity index (χ3n) is 28.0. The normalized spacial score (nSPS) is 20.0. The number of nitrogens with two attached hydrogens (primary N) is 1. The molecule has 0 aliphatic carbocycles. The molecule has 145 heavy (non-hydrogen) atoms. The topological polar surface area (TPSA) is 421 Å². The Balaban J connectivity index is 0.000000193. The molecule has 0 radical (unpaired) electrons. The number of pyridine rings is 2. The fourth-order valence-electron chi connectivity index (χ4n) is 19.7. The molecule has 2 aromatic heterocycles. The molecule has 11 N–H and O–H groups in total. The summed E-state index contributed by atoms with van der Waals surface area (Å²) in [6.45, 7) is 21.3. The number of benzene rings is 6. The molecule has 6 atom stereocenters. The number of carbonyl (C=O) groups is 12. The average molecular weight is 2020 g/mol. The van der Waals surface area contributed by atoms with Crippen LogP contribution in [-0.2, 0) is 60.6 Å². The van der Waals surface area contributed by atoms with Crippen molar-refractivity contribution < 1.29 is 97.8 Å². The Labute approximate surface area is 831 Å². The third-order valence-corrected chi connectivity index (χ3v) is 28.0. The molecule has 0 saturated carbocycles. The van der Waals surface area contributed by atoms with Gasteiger partial charge in [-0.25, -0.2) is 8.78 Å². The van der Waals surface area contributed by atoms with Crippen molar-refractivity contribution in [2.45, 2.75) is 166 Å². The molecule has 0 spiro atoms. The second kappa shape index (κ2) is 46.9. The van der Waals surface area contributed by atoms with E-state index in [-0.39, 0.29) is 95.8 Å². The number of piperazine rings is 4. The van der Waals surface area contributed by atoms with E-state index in [4.69, 9.17) is 10.8 Å². The highest BCUT2D eigenvalue weighted by molar-refractivity contribution is 6.26. The smallest absolute Gasteiger partial charge is 0.417 e. The van der Waals surface area contributed by atoms with E-state index in [9.17, 15) is 93.5 Å². The molecule has 2 unspecified atom stereocenters. The number of carboxylic acids is 1. The highest BCUT2D eigenvalue weighted by Gasteiger charge is 2.49. The second-order valence-corrected chi connectivity index (χ2v) is 38.0. The van der Waals surface area contributed by atoms with Crippen molar-refractivity contribution in [3.63, 3.8) is 0 Å². The first-order valence-corrected chi connectivity index (χ1v) is 48.6. The largest absolute Gasteiger partial charge is 0.481 e. The van der Waals surface area contributed by atoms with Crippen LogP contribution < -0.4 is 58.6 Å². The van der Waals surface area contributed by atoms with Gasteiger partial charge in [-0.1, -0.05) is 48.9 Å². The lowest BCUT2D eigenvalue weighted by Crippen LogP contribution is -2.55. The number of anilines is 5. The predicted molar refractivity (Wildman–Crippen MR) is 525 cm³/mol. The summed E-state index contributed by atoms with van der Waals surface area (Å²) >= 11 is 0. The van der Waals surface area contributed by atoms with Gasteiger partial charge in [0.15, 0.2) is 0 Å². The number of hydrogen-bond donors (Lipinski definition) is 10. The maximum atomic E-state index is 15.7. The average Bonchev–Trinajstić information content (AvgIpc) is 1.61. The summed E-state index contributed by atoms with van der Waals surface area (Å²) in [6.07, 6.45) is -3.96. The van der Waals surface area contributed by atoms with Crippen LogP contribution in [0.2, 0.25) is 0 Å². The van der Waals surface area contributed by atoms with Crippen molar-refractivity contribution in [1.29, 1.82) is 0 Å². The summed E-state index contributed by atoms with van der Waals surface area (Å²) in [6, 6.07) is 29.2. The first-order chi connectivity index (χ1) is 69.1. The van der Waals surface area contributed by atoms with E-state index in [1.807, 2.05) is 19.0 Å². The van der Waals surface area contributed by atoms with Crippen LogP contribution in [0.4, 0.5) is 63.6 Å². The third kappa shape index (κ3) is 26.0. The van der Waals surface area contributed by atoms with Gasteiger partial charge in [-0.15, -0.1) is 0 Å². The van der Waals surface area contributed by atoms with Crippen molar-refractivity contribution in [1.82, 2.24) is 65.1 Å². The number of nitrogens with one attached hydrogen (secondary N) is 8. The van der Waals surface area contributed by atoms with Gasteiger partial charge in [-0.05, 0) is 181 Å². The van der Waals surface area contributed by atoms with Crippen LogP contribution in [0.5, 0.6) is 0 Å². The van der Waals surface area contributed by atoms with Crippen LogP contribution in [0.1, 0.15) is 188 Å². The maximum absolute atomic E-state index is 15.7. The fraction of sp³-hybridized carbons (Fsp3) is 0.437. The Morgan fingerprint density at radius 1 is 0.462 bits per heavy atom. The van der Waals surface area contributed by atoms with Crippen LogP contribution in [0.25, 0.3) is 22.3 Å². The van der Waals surface area contributed by atoms with Crippen molar-refractivity contribution in [2.75, 3.05) is 151 Å². The number of H-pyrrole nitrogens is 2. The number of carboxylic acid groups (broad SMARTS) is 1. The molecule has 10 heterocycles. The Hall–Kier alpha value is -13.8. The Morgan fingerprint density at radius 3 is 1.34 bits per heavy atom. The minimum absolute atomic E-state index is 0.0320. The summed E-state index contributed by atoms with van der Waals surface area (Å²) in [5, 5.41) is 24.5. The van der Waals surface area contributed by atoms with Gasteiger partial charge in [0.2, 0.25) is 40.7 Å². The number of aliphatic carboxylic acids is 1. The number of imide groups is 4. The van der Waals surface area contributed by atoms with E-state index < -0.39 is 134 Å². The molecule has 6 saturated heterocycles. The number of aromatic amines is 2. The molecule has 6 fully saturated rings. The van der Waals surface area contributed by atoms with Crippen LogP contribution in [0, 0.1) is 11.6 Å². The minimum atomic E-state index is -4.97.